The molecule has 5 heteroatoms. The van der Waals surface area contributed by atoms with E-state index >= 15 is 0 Å². The first kappa shape index (κ1) is 14.8. The highest BCUT2D eigenvalue weighted by Crippen LogP contribution is 2.28. The van der Waals surface area contributed by atoms with Crippen LogP contribution in [0.5, 0.6) is 0 Å². The Hall–Kier alpha value is -2.79. The first-order valence-corrected chi connectivity index (χ1v) is 8.29. The molecule has 0 N–H and O–H groups in total. The third-order valence-corrected chi connectivity index (χ3v) is 4.25. The molecule has 4 nitrogen and oxygen atoms in total. The van der Waals surface area contributed by atoms with Crippen LogP contribution in [-0.4, -0.2) is 19.7 Å². The summed E-state index contributed by atoms with van der Waals surface area (Å²) < 4.78 is 3.10. The van der Waals surface area contributed by atoms with Crippen LogP contribution in [0.25, 0.3) is 28.5 Å². The standard InChI is InChI=1S/C19H13BrN4/c20-16-8-6-14(7-9-16)18-22-23-19(15-10-12-21-13-11-15)24(18)17-4-2-1-3-5-17/h1-13H. The fourth-order valence-corrected chi connectivity index (χ4v) is 2.84. The van der Waals surface area contributed by atoms with Gasteiger partial charge in [-0.25, -0.2) is 0 Å². The Labute approximate surface area is 148 Å². The van der Waals surface area contributed by atoms with Crippen LogP contribution in [0.3, 0.4) is 0 Å². The van der Waals surface area contributed by atoms with E-state index in [1.807, 2.05) is 54.6 Å². The van der Waals surface area contributed by atoms with Crippen molar-refractivity contribution in [2.24, 2.45) is 0 Å². The minimum Gasteiger partial charge on any atom is -0.275 e. The van der Waals surface area contributed by atoms with Gasteiger partial charge >= 0.3 is 0 Å². The smallest absolute Gasteiger partial charge is 0.168 e. The summed E-state index contributed by atoms with van der Waals surface area (Å²) in [5.41, 5.74) is 3.01. The maximum atomic E-state index is 4.45. The second-order valence-electron chi connectivity index (χ2n) is 5.26. The van der Waals surface area contributed by atoms with Gasteiger partial charge in [0.25, 0.3) is 0 Å². The second kappa shape index (κ2) is 6.37. The summed E-state index contributed by atoms with van der Waals surface area (Å²) in [7, 11) is 0. The van der Waals surface area contributed by atoms with Crippen molar-refractivity contribution in [3.05, 3.63) is 83.6 Å². The number of benzene rings is 2. The Morgan fingerprint density at radius 2 is 1.25 bits per heavy atom. The molecule has 0 aliphatic heterocycles. The molecule has 0 saturated carbocycles. The zero-order valence-electron chi connectivity index (χ0n) is 12.7. The van der Waals surface area contributed by atoms with Crippen molar-refractivity contribution in [1.82, 2.24) is 19.7 Å². The minimum absolute atomic E-state index is 0.793. The highest BCUT2D eigenvalue weighted by molar-refractivity contribution is 9.10. The average molecular weight is 377 g/mol. The third kappa shape index (κ3) is 2.74. The highest BCUT2D eigenvalue weighted by atomic mass is 79.9. The number of halogens is 1. The van der Waals surface area contributed by atoms with Gasteiger partial charge in [0.15, 0.2) is 11.6 Å². The molecule has 2 heterocycles. The van der Waals surface area contributed by atoms with E-state index in [0.717, 1.165) is 32.9 Å². The summed E-state index contributed by atoms with van der Waals surface area (Å²) >= 11 is 3.47. The zero-order chi connectivity index (χ0) is 16.4. The molecule has 0 bridgehead atoms. The predicted octanol–water partition coefficient (Wildman–Crippen LogP) is 4.76. The number of hydrogen-bond acceptors (Lipinski definition) is 3. The molecular formula is C19H13BrN4. The predicted molar refractivity (Wildman–Crippen MR) is 97.7 cm³/mol. The molecule has 4 aromatic rings. The van der Waals surface area contributed by atoms with Crippen LogP contribution in [0.15, 0.2) is 83.6 Å². The van der Waals surface area contributed by atoms with Gasteiger partial charge in [-0.2, -0.15) is 0 Å². The lowest BCUT2D eigenvalue weighted by Gasteiger charge is -2.10. The molecule has 0 fully saturated rings. The van der Waals surface area contributed by atoms with Crippen LogP contribution in [0.1, 0.15) is 0 Å². The largest absolute Gasteiger partial charge is 0.275 e. The van der Waals surface area contributed by atoms with E-state index in [2.05, 4.69) is 47.8 Å². The van der Waals surface area contributed by atoms with E-state index in [4.69, 9.17) is 0 Å². The lowest BCUT2D eigenvalue weighted by molar-refractivity contribution is 1.07. The van der Waals surface area contributed by atoms with Crippen molar-refractivity contribution in [3.63, 3.8) is 0 Å². The van der Waals surface area contributed by atoms with Gasteiger partial charge < -0.3 is 0 Å². The molecule has 2 aromatic heterocycles. The summed E-state index contributed by atoms with van der Waals surface area (Å²) in [6.07, 6.45) is 3.53. The summed E-state index contributed by atoms with van der Waals surface area (Å²) in [6.45, 7) is 0. The van der Waals surface area contributed by atoms with Crippen LogP contribution in [-0.2, 0) is 0 Å². The Morgan fingerprint density at radius 1 is 0.667 bits per heavy atom. The second-order valence-corrected chi connectivity index (χ2v) is 6.18. The van der Waals surface area contributed by atoms with Gasteiger partial charge in [0, 0.05) is 33.7 Å². The topological polar surface area (TPSA) is 43.6 Å². The first-order chi connectivity index (χ1) is 11.8. The van der Waals surface area contributed by atoms with Crippen molar-refractivity contribution in [1.29, 1.82) is 0 Å². The van der Waals surface area contributed by atoms with Crippen LogP contribution in [0.2, 0.25) is 0 Å². The van der Waals surface area contributed by atoms with Gasteiger partial charge in [0.05, 0.1) is 0 Å². The molecule has 0 amide bonds. The summed E-state index contributed by atoms with van der Waals surface area (Å²) in [6, 6.07) is 22.1. The van der Waals surface area contributed by atoms with E-state index < -0.39 is 0 Å². The fourth-order valence-electron chi connectivity index (χ4n) is 2.58. The maximum absolute atomic E-state index is 4.45. The van der Waals surface area contributed by atoms with Crippen molar-refractivity contribution >= 4 is 15.9 Å². The van der Waals surface area contributed by atoms with Crippen LogP contribution >= 0.6 is 15.9 Å². The minimum atomic E-state index is 0.793. The van der Waals surface area contributed by atoms with Crippen molar-refractivity contribution in [2.75, 3.05) is 0 Å². The zero-order valence-corrected chi connectivity index (χ0v) is 14.3. The van der Waals surface area contributed by atoms with Crippen molar-refractivity contribution < 1.29 is 0 Å². The summed E-state index contributed by atoms with van der Waals surface area (Å²) in [5.74, 6) is 1.60. The van der Waals surface area contributed by atoms with Gasteiger partial charge in [-0.3, -0.25) is 9.55 Å². The molecular weight excluding hydrogens is 364 g/mol. The first-order valence-electron chi connectivity index (χ1n) is 7.50. The highest BCUT2D eigenvalue weighted by Gasteiger charge is 2.16. The number of pyridine rings is 1. The Kier molecular flexibility index (Phi) is 3.92. The molecule has 0 aliphatic carbocycles. The average Bonchev–Trinajstić information content (AvgIpc) is 3.09. The fraction of sp³-hybridized carbons (Fsp3) is 0. The van der Waals surface area contributed by atoms with Crippen LogP contribution in [0.4, 0.5) is 0 Å². The quantitative estimate of drug-likeness (QED) is 0.517. The third-order valence-electron chi connectivity index (χ3n) is 3.72. The number of nitrogens with zero attached hydrogens (tertiary/aromatic N) is 4. The number of rotatable bonds is 3. The SMILES string of the molecule is Brc1ccc(-c2nnc(-c3ccncc3)n2-c2ccccc2)cc1. The van der Waals surface area contributed by atoms with Gasteiger partial charge in [-0.15, -0.1) is 10.2 Å². The molecule has 0 spiro atoms. The van der Waals surface area contributed by atoms with Crippen molar-refractivity contribution in [2.45, 2.75) is 0 Å². The number of hydrogen-bond donors (Lipinski definition) is 0. The molecule has 4 rings (SSSR count). The van der Waals surface area contributed by atoms with E-state index in [1.165, 1.54) is 0 Å². The van der Waals surface area contributed by atoms with Gasteiger partial charge in [0.2, 0.25) is 0 Å². The maximum Gasteiger partial charge on any atom is 0.168 e. The van der Waals surface area contributed by atoms with Gasteiger partial charge in [0.1, 0.15) is 0 Å². The molecule has 2 aromatic carbocycles. The number of aromatic nitrogens is 4. The summed E-state index contributed by atoms with van der Waals surface area (Å²) in [4.78, 5) is 4.09. The van der Waals surface area contributed by atoms with Gasteiger partial charge in [-0.05, 0) is 36.4 Å². The lowest BCUT2D eigenvalue weighted by atomic mass is 10.2. The van der Waals surface area contributed by atoms with E-state index in [0.29, 0.717) is 0 Å². The molecule has 0 atom stereocenters. The van der Waals surface area contributed by atoms with Crippen LogP contribution in [0, 0.1) is 0 Å². The molecule has 24 heavy (non-hydrogen) atoms. The molecule has 0 saturated heterocycles. The van der Waals surface area contributed by atoms with E-state index in [1.54, 1.807) is 12.4 Å². The van der Waals surface area contributed by atoms with Crippen molar-refractivity contribution in [3.8, 4) is 28.5 Å². The molecule has 0 radical (unpaired) electrons. The summed E-state index contributed by atoms with van der Waals surface area (Å²) in [5, 5.41) is 8.88. The normalized spacial score (nSPS) is 10.7. The Morgan fingerprint density at radius 3 is 1.88 bits per heavy atom. The molecule has 0 unspecified atom stereocenters. The molecule has 0 aliphatic rings. The monoisotopic (exact) mass is 376 g/mol. The molecule has 116 valence electrons. The van der Waals surface area contributed by atoms with E-state index in [-0.39, 0.29) is 0 Å². The van der Waals surface area contributed by atoms with E-state index in [9.17, 15) is 0 Å². The van der Waals surface area contributed by atoms with Crippen LogP contribution < -0.4 is 0 Å². The van der Waals surface area contributed by atoms with Gasteiger partial charge in [-0.1, -0.05) is 46.3 Å². The Bertz CT molecular complexity index is 948. The lowest BCUT2D eigenvalue weighted by Crippen LogP contribution is -2.00. The number of para-hydroxylation sites is 1. The Balaban J connectivity index is 1.95.